The molecule has 0 spiro atoms. The number of benzene rings is 6. The van der Waals surface area contributed by atoms with Crippen LogP contribution in [-0.4, -0.2) is 6.71 Å². The third kappa shape index (κ3) is 4.64. The van der Waals surface area contributed by atoms with Crippen LogP contribution in [0.4, 0.5) is 17.1 Å². The zero-order valence-corrected chi connectivity index (χ0v) is 32.1. The number of anilines is 3. The molecule has 3 aliphatic heterocycles. The molecule has 0 N–H and O–H groups in total. The fraction of sp³-hybridized carbons (Fsp3) is 0.265. The molecule has 0 fully saturated rings. The van der Waals surface area contributed by atoms with Gasteiger partial charge in [-0.15, -0.1) is 0 Å². The lowest BCUT2D eigenvalue weighted by Gasteiger charge is -2.51. The fourth-order valence-electron chi connectivity index (χ4n) is 9.11. The quantitative estimate of drug-likeness (QED) is 0.173. The minimum atomic E-state index is -0.593. The van der Waals surface area contributed by atoms with Crippen LogP contribution in [0.3, 0.4) is 0 Å². The van der Waals surface area contributed by atoms with Gasteiger partial charge in [0.2, 0.25) is 0 Å². The van der Waals surface area contributed by atoms with E-state index in [2.05, 4.69) is 195 Å². The number of hydrogen-bond donors (Lipinski definition) is 0. The zero-order chi connectivity index (χ0) is 36.4. The van der Waals surface area contributed by atoms with Crippen LogP contribution in [0, 0.1) is 0 Å². The van der Waals surface area contributed by atoms with Crippen LogP contribution in [0.15, 0.2) is 127 Å². The summed E-state index contributed by atoms with van der Waals surface area (Å²) in [4.78, 5) is 2.53. The molecule has 0 amide bonds. The molecule has 3 aliphatic rings. The highest BCUT2D eigenvalue weighted by Gasteiger charge is 2.55. The molecule has 2 nitrogen and oxygen atoms in total. The molecule has 0 saturated carbocycles. The summed E-state index contributed by atoms with van der Waals surface area (Å²) in [6, 6.07) is 48.3. The summed E-state index contributed by atoms with van der Waals surface area (Å²) in [5.41, 5.74) is 16.0. The molecule has 3 heteroatoms. The van der Waals surface area contributed by atoms with Gasteiger partial charge in [-0.3, -0.25) is 0 Å². The molecule has 3 heterocycles. The average Bonchev–Trinajstić information content (AvgIpc) is 3.11. The normalized spacial score (nSPS) is 15.2. The Hall–Kier alpha value is -5.02. The average molecular weight is 678 g/mol. The monoisotopic (exact) mass is 677 g/mol. The lowest BCUT2D eigenvalue weighted by molar-refractivity contribution is 0.481. The maximum absolute atomic E-state index is 7.15. The van der Waals surface area contributed by atoms with Gasteiger partial charge in [-0.2, -0.15) is 0 Å². The molecule has 9 rings (SSSR count). The van der Waals surface area contributed by atoms with E-state index >= 15 is 0 Å². The number of rotatable bonds is 3. The van der Waals surface area contributed by atoms with Crippen molar-refractivity contribution in [1.82, 2.24) is 0 Å². The SMILES string of the molecule is CC(C)(C)c1ccc(N2c3cccc4c3B3c5c(cc(C(C)(C)C)cc5C(c5ccccc5)(c5ccccc5)c5cc(C(C)(C)C)cc2c53)O4)cc1. The zero-order valence-electron chi connectivity index (χ0n) is 32.1. The Labute approximate surface area is 310 Å². The molecule has 52 heavy (non-hydrogen) atoms. The lowest BCUT2D eigenvalue weighted by Crippen LogP contribution is -2.67. The van der Waals surface area contributed by atoms with E-state index in [9.17, 15) is 0 Å². The first kappa shape index (κ1) is 32.9. The Balaban J connectivity index is 1.50. The Bertz CT molecular complexity index is 2330. The van der Waals surface area contributed by atoms with Crippen molar-refractivity contribution in [1.29, 1.82) is 0 Å². The standard InChI is InChI=1S/C49H48BNO/c1-46(2,3)31-23-25-36(26-24-31)51-39-21-16-22-41-45(39)50-43-37(27-34(29-40(43)51)47(4,5)6)49(32-17-12-10-13-18-32,33-19-14-11-15-20-33)38-28-35(48(7,8)9)30-42(52-41)44(38)50/h10-30H,1-9H3. The second kappa shape index (κ2) is 11.0. The van der Waals surface area contributed by atoms with Crippen molar-refractivity contribution < 1.29 is 4.74 Å². The topological polar surface area (TPSA) is 12.5 Å². The van der Waals surface area contributed by atoms with Gasteiger partial charge in [0.25, 0.3) is 6.71 Å². The van der Waals surface area contributed by atoms with E-state index in [0.29, 0.717) is 0 Å². The molecule has 0 radical (unpaired) electrons. The maximum atomic E-state index is 7.15. The second-order valence-electron chi connectivity index (χ2n) is 18.2. The molecular formula is C49H48BNO. The van der Waals surface area contributed by atoms with E-state index in [4.69, 9.17) is 4.74 Å². The molecular weight excluding hydrogens is 629 g/mol. The molecule has 0 aromatic heterocycles. The fourth-order valence-corrected chi connectivity index (χ4v) is 9.11. The predicted molar refractivity (Wildman–Crippen MR) is 220 cm³/mol. The van der Waals surface area contributed by atoms with Gasteiger partial charge in [0.05, 0.1) is 5.41 Å². The van der Waals surface area contributed by atoms with Crippen molar-refractivity contribution in [2.24, 2.45) is 0 Å². The first-order valence-electron chi connectivity index (χ1n) is 18.9. The van der Waals surface area contributed by atoms with Crippen molar-refractivity contribution in [2.75, 3.05) is 4.90 Å². The van der Waals surface area contributed by atoms with Crippen molar-refractivity contribution in [3.05, 3.63) is 166 Å². The summed E-state index contributed by atoms with van der Waals surface area (Å²) in [5.74, 6) is 1.93. The molecule has 0 atom stereocenters. The van der Waals surface area contributed by atoms with Crippen LogP contribution >= 0.6 is 0 Å². The highest BCUT2D eigenvalue weighted by atomic mass is 16.5. The second-order valence-corrected chi connectivity index (χ2v) is 18.2. The van der Waals surface area contributed by atoms with Crippen LogP contribution in [0.1, 0.15) is 101 Å². The Morgan fingerprint density at radius 2 is 1.00 bits per heavy atom. The molecule has 0 bridgehead atoms. The third-order valence-electron chi connectivity index (χ3n) is 11.9. The van der Waals surface area contributed by atoms with Gasteiger partial charge in [0, 0.05) is 17.1 Å². The first-order chi connectivity index (χ1) is 24.7. The van der Waals surface area contributed by atoms with E-state index in [0.717, 1.165) is 17.2 Å². The van der Waals surface area contributed by atoms with Crippen molar-refractivity contribution in [3.8, 4) is 11.5 Å². The van der Waals surface area contributed by atoms with Gasteiger partial charge in [-0.05, 0) is 108 Å². The minimum Gasteiger partial charge on any atom is -0.458 e. The highest BCUT2D eigenvalue weighted by Crippen LogP contribution is 2.53. The highest BCUT2D eigenvalue weighted by molar-refractivity contribution is 7.00. The molecule has 0 aliphatic carbocycles. The van der Waals surface area contributed by atoms with Crippen molar-refractivity contribution >= 4 is 40.2 Å². The van der Waals surface area contributed by atoms with Gasteiger partial charge in [-0.25, -0.2) is 0 Å². The van der Waals surface area contributed by atoms with Gasteiger partial charge in [-0.1, -0.05) is 153 Å². The third-order valence-corrected chi connectivity index (χ3v) is 11.9. The van der Waals surface area contributed by atoms with Crippen molar-refractivity contribution in [2.45, 2.75) is 84.0 Å². The first-order valence-corrected chi connectivity index (χ1v) is 18.9. The van der Waals surface area contributed by atoms with Gasteiger partial charge in [0.15, 0.2) is 0 Å². The number of hydrogen-bond acceptors (Lipinski definition) is 2. The van der Waals surface area contributed by atoms with Crippen LogP contribution < -0.4 is 26.0 Å². The Morgan fingerprint density at radius 3 is 1.56 bits per heavy atom. The summed E-state index contributed by atoms with van der Waals surface area (Å²) in [6.07, 6.45) is 0. The summed E-state index contributed by atoms with van der Waals surface area (Å²) < 4.78 is 7.15. The van der Waals surface area contributed by atoms with Gasteiger partial charge in [0.1, 0.15) is 11.5 Å². The smallest absolute Gasteiger partial charge is 0.257 e. The van der Waals surface area contributed by atoms with E-state index in [1.54, 1.807) is 0 Å². The summed E-state index contributed by atoms with van der Waals surface area (Å²) >= 11 is 0. The van der Waals surface area contributed by atoms with Crippen LogP contribution in [0.25, 0.3) is 0 Å². The van der Waals surface area contributed by atoms with Crippen LogP contribution in [-0.2, 0) is 21.7 Å². The Kier molecular flexibility index (Phi) is 6.95. The molecule has 0 unspecified atom stereocenters. The van der Waals surface area contributed by atoms with Crippen LogP contribution in [0.2, 0.25) is 0 Å². The summed E-state index contributed by atoms with van der Waals surface area (Å²) in [7, 11) is 0. The Morgan fingerprint density at radius 1 is 0.462 bits per heavy atom. The van der Waals surface area contributed by atoms with Crippen LogP contribution in [0.5, 0.6) is 11.5 Å². The molecule has 6 aromatic rings. The van der Waals surface area contributed by atoms with E-state index < -0.39 is 5.41 Å². The molecule has 0 saturated heterocycles. The lowest BCUT2D eigenvalue weighted by atomic mass is 9.28. The number of nitrogens with zero attached hydrogens (tertiary/aromatic N) is 1. The molecule has 6 aromatic carbocycles. The largest absolute Gasteiger partial charge is 0.458 e. The minimum absolute atomic E-state index is 0.0311. The summed E-state index contributed by atoms with van der Waals surface area (Å²) in [6.45, 7) is 20.9. The summed E-state index contributed by atoms with van der Waals surface area (Å²) in [5, 5.41) is 0. The number of ether oxygens (including phenoxy) is 1. The van der Waals surface area contributed by atoms with E-state index in [1.165, 1.54) is 66.7 Å². The van der Waals surface area contributed by atoms with Crippen molar-refractivity contribution in [3.63, 3.8) is 0 Å². The van der Waals surface area contributed by atoms with E-state index in [1.807, 2.05) is 0 Å². The predicted octanol–water partition coefficient (Wildman–Crippen LogP) is 10.7. The molecule has 258 valence electrons. The van der Waals surface area contributed by atoms with Gasteiger partial charge >= 0.3 is 0 Å². The maximum Gasteiger partial charge on any atom is 0.257 e. The van der Waals surface area contributed by atoms with Gasteiger partial charge < -0.3 is 9.64 Å². The van der Waals surface area contributed by atoms with E-state index in [-0.39, 0.29) is 23.0 Å².